The molecule has 1 aromatic carbocycles. The lowest BCUT2D eigenvalue weighted by molar-refractivity contribution is -0.135. The molecule has 1 aromatic heterocycles. The summed E-state index contributed by atoms with van der Waals surface area (Å²) in [6, 6.07) is 4.83. The number of aromatic nitrogens is 1. The summed E-state index contributed by atoms with van der Waals surface area (Å²) < 4.78 is 17.2. The fourth-order valence-electron chi connectivity index (χ4n) is 4.51. The summed E-state index contributed by atoms with van der Waals surface area (Å²) in [6.07, 6.45) is 1.58. The monoisotopic (exact) mass is 426 g/mol. The Kier molecular flexibility index (Phi) is 4.85. The topological polar surface area (TPSA) is 133 Å². The van der Waals surface area contributed by atoms with E-state index in [4.69, 9.17) is 19.9 Å². The third kappa shape index (κ3) is 3.52. The average molecular weight is 426 g/mol. The molecule has 3 aliphatic heterocycles. The van der Waals surface area contributed by atoms with Crippen LogP contribution in [-0.4, -0.2) is 73.2 Å². The van der Waals surface area contributed by atoms with Crippen LogP contribution in [-0.2, 0) is 14.3 Å². The van der Waals surface area contributed by atoms with Gasteiger partial charge in [0.05, 0.1) is 24.1 Å². The van der Waals surface area contributed by atoms with E-state index < -0.39 is 5.91 Å². The van der Waals surface area contributed by atoms with Crippen molar-refractivity contribution in [2.75, 3.05) is 39.5 Å². The SMILES string of the molecule is NC(=O)c1cc2ccnc3c2cc1OCCOCC(=O)N1C[C@@H]2C(=O)NC(CO3)[C@@H]2C1. The maximum absolute atomic E-state index is 12.5. The van der Waals surface area contributed by atoms with Crippen LogP contribution in [0.5, 0.6) is 11.6 Å². The summed E-state index contributed by atoms with van der Waals surface area (Å²) in [5, 5.41) is 4.37. The number of carbonyl (C=O) groups is 3. The molecule has 5 rings (SSSR count). The smallest absolute Gasteiger partial charge is 0.252 e. The van der Waals surface area contributed by atoms with Gasteiger partial charge in [-0.1, -0.05) is 0 Å². The second-order valence-electron chi connectivity index (χ2n) is 7.95. The number of hydrogen-bond acceptors (Lipinski definition) is 7. The Morgan fingerprint density at radius 1 is 1.19 bits per heavy atom. The Hall–Kier alpha value is -3.40. The van der Waals surface area contributed by atoms with Gasteiger partial charge in [0.2, 0.25) is 17.7 Å². The van der Waals surface area contributed by atoms with Crippen LogP contribution in [0, 0.1) is 11.8 Å². The molecular weight excluding hydrogens is 404 g/mol. The highest BCUT2D eigenvalue weighted by molar-refractivity contribution is 6.01. The van der Waals surface area contributed by atoms with Gasteiger partial charge in [0.1, 0.15) is 25.6 Å². The standard InChI is InChI=1S/C21H22N4O6/c22-19(27)13-5-11-1-2-23-21-12(11)6-17(13)30-4-3-29-10-18(26)25-7-14-15(8-25)20(28)24-16(14)9-31-21/h1-2,5-6,14-16H,3-4,7-10H2,(H2,22,27)(H,24,28)/t14-,15+,16?/m1/s1. The lowest BCUT2D eigenvalue weighted by atomic mass is 9.94. The second-order valence-corrected chi connectivity index (χ2v) is 7.95. The number of primary amides is 1. The highest BCUT2D eigenvalue weighted by atomic mass is 16.5. The van der Waals surface area contributed by atoms with Crippen LogP contribution in [0.1, 0.15) is 10.4 Å². The summed E-state index contributed by atoms with van der Waals surface area (Å²) in [7, 11) is 0. The van der Waals surface area contributed by atoms with Crippen LogP contribution in [0.3, 0.4) is 0 Å². The van der Waals surface area contributed by atoms with Crippen molar-refractivity contribution >= 4 is 28.5 Å². The third-order valence-electron chi connectivity index (χ3n) is 6.10. The van der Waals surface area contributed by atoms with Gasteiger partial charge in [0.25, 0.3) is 5.91 Å². The molecule has 0 aliphatic carbocycles. The molecule has 31 heavy (non-hydrogen) atoms. The molecule has 3 atom stereocenters. The zero-order valence-corrected chi connectivity index (χ0v) is 16.7. The Bertz CT molecular complexity index is 1070. The molecule has 10 heteroatoms. The molecule has 0 radical (unpaired) electrons. The van der Waals surface area contributed by atoms with E-state index in [1.54, 1.807) is 29.3 Å². The van der Waals surface area contributed by atoms with E-state index in [2.05, 4.69) is 10.3 Å². The van der Waals surface area contributed by atoms with Crippen LogP contribution in [0.4, 0.5) is 0 Å². The molecule has 0 saturated carbocycles. The lowest BCUT2D eigenvalue weighted by Gasteiger charge is -2.22. The van der Waals surface area contributed by atoms with Crippen molar-refractivity contribution in [3.8, 4) is 11.6 Å². The summed E-state index contributed by atoms with van der Waals surface area (Å²) in [5.74, 6) is -0.473. The first-order chi connectivity index (χ1) is 15.0. The predicted octanol–water partition coefficient (Wildman–Crippen LogP) is -0.305. The summed E-state index contributed by atoms with van der Waals surface area (Å²) in [5.41, 5.74) is 5.76. The molecule has 162 valence electrons. The summed E-state index contributed by atoms with van der Waals surface area (Å²) in [4.78, 5) is 42.8. The van der Waals surface area contributed by atoms with E-state index in [1.807, 2.05) is 0 Å². The van der Waals surface area contributed by atoms with Gasteiger partial charge in [0, 0.05) is 30.6 Å². The van der Waals surface area contributed by atoms with Crippen molar-refractivity contribution in [1.82, 2.24) is 15.2 Å². The number of ether oxygens (including phenoxy) is 3. The van der Waals surface area contributed by atoms with E-state index >= 15 is 0 Å². The third-order valence-corrected chi connectivity index (χ3v) is 6.10. The van der Waals surface area contributed by atoms with Crippen molar-refractivity contribution in [2.24, 2.45) is 17.6 Å². The highest BCUT2D eigenvalue weighted by Gasteiger charge is 2.49. The summed E-state index contributed by atoms with van der Waals surface area (Å²) in [6.45, 7) is 1.26. The first-order valence-electron chi connectivity index (χ1n) is 10.2. The van der Waals surface area contributed by atoms with Crippen LogP contribution >= 0.6 is 0 Å². The molecule has 2 fully saturated rings. The van der Waals surface area contributed by atoms with Gasteiger partial charge < -0.3 is 30.2 Å². The number of benzene rings is 1. The molecule has 3 N–H and O–H groups in total. The molecule has 1 unspecified atom stereocenters. The summed E-state index contributed by atoms with van der Waals surface area (Å²) >= 11 is 0. The Morgan fingerprint density at radius 2 is 2.06 bits per heavy atom. The van der Waals surface area contributed by atoms with E-state index in [0.29, 0.717) is 24.4 Å². The van der Waals surface area contributed by atoms with E-state index in [-0.39, 0.29) is 67.4 Å². The fourth-order valence-corrected chi connectivity index (χ4v) is 4.51. The van der Waals surface area contributed by atoms with E-state index in [0.717, 1.165) is 5.39 Å². The van der Waals surface area contributed by atoms with Crippen LogP contribution in [0.25, 0.3) is 10.8 Å². The molecule has 3 amide bonds. The minimum Gasteiger partial charge on any atom is -0.490 e. The van der Waals surface area contributed by atoms with Crippen LogP contribution < -0.4 is 20.5 Å². The lowest BCUT2D eigenvalue weighted by Crippen LogP contribution is -2.41. The maximum Gasteiger partial charge on any atom is 0.252 e. The van der Waals surface area contributed by atoms with Gasteiger partial charge in [-0.3, -0.25) is 14.4 Å². The zero-order chi connectivity index (χ0) is 21.5. The van der Waals surface area contributed by atoms with Gasteiger partial charge in [-0.2, -0.15) is 0 Å². The van der Waals surface area contributed by atoms with Gasteiger partial charge >= 0.3 is 0 Å². The number of rotatable bonds is 1. The quantitative estimate of drug-likeness (QED) is 0.639. The number of amides is 3. The molecule has 0 spiro atoms. The number of nitrogens with one attached hydrogen (secondary N) is 1. The minimum absolute atomic E-state index is 0.0281. The number of nitrogens with two attached hydrogens (primary N) is 1. The number of nitrogens with zero attached hydrogens (tertiary/aromatic N) is 2. The van der Waals surface area contributed by atoms with Crippen molar-refractivity contribution in [1.29, 1.82) is 0 Å². The first kappa shape index (κ1) is 19.6. The molecule has 4 heterocycles. The Labute approximate surface area is 177 Å². The molecule has 10 nitrogen and oxygen atoms in total. The second kappa shape index (κ2) is 7.69. The zero-order valence-electron chi connectivity index (χ0n) is 16.7. The normalized spacial score (nSPS) is 25.9. The average Bonchev–Trinajstić information content (AvgIpc) is 3.31. The van der Waals surface area contributed by atoms with Gasteiger partial charge in [-0.15, -0.1) is 0 Å². The van der Waals surface area contributed by atoms with Crippen molar-refractivity contribution < 1.29 is 28.6 Å². The number of fused-ring (bicyclic) bond motifs is 2. The van der Waals surface area contributed by atoms with Gasteiger partial charge in [-0.05, 0) is 23.6 Å². The van der Waals surface area contributed by atoms with Gasteiger partial charge in [0.15, 0.2) is 0 Å². The maximum atomic E-state index is 12.5. The molecule has 4 bridgehead atoms. The number of hydrogen-bond donors (Lipinski definition) is 2. The van der Waals surface area contributed by atoms with Crippen LogP contribution in [0.15, 0.2) is 24.4 Å². The molecule has 2 aromatic rings. The Balaban J connectivity index is 1.51. The first-order valence-corrected chi connectivity index (χ1v) is 10.2. The minimum atomic E-state index is -0.620. The molecule has 2 saturated heterocycles. The molecular formula is C21H22N4O6. The van der Waals surface area contributed by atoms with Crippen molar-refractivity contribution in [3.63, 3.8) is 0 Å². The predicted molar refractivity (Wildman–Crippen MR) is 108 cm³/mol. The van der Waals surface area contributed by atoms with Crippen molar-refractivity contribution in [3.05, 3.63) is 30.0 Å². The largest absolute Gasteiger partial charge is 0.490 e. The Morgan fingerprint density at radius 3 is 2.90 bits per heavy atom. The number of pyridine rings is 1. The molecule has 3 aliphatic rings. The number of carbonyl (C=O) groups excluding carboxylic acids is 3. The highest BCUT2D eigenvalue weighted by Crippen LogP contribution is 2.34. The van der Waals surface area contributed by atoms with Gasteiger partial charge in [-0.25, -0.2) is 4.98 Å². The fraction of sp³-hybridized carbons (Fsp3) is 0.429. The van der Waals surface area contributed by atoms with E-state index in [1.165, 1.54) is 0 Å². The van der Waals surface area contributed by atoms with Crippen molar-refractivity contribution in [2.45, 2.75) is 6.04 Å². The van der Waals surface area contributed by atoms with E-state index in [9.17, 15) is 14.4 Å². The van der Waals surface area contributed by atoms with Crippen LogP contribution in [0.2, 0.25) is 0 Å².